The fourth-order valence-electron chi connectivity index (χ4n) is 5.43. The van der Waals surface area contributed by atoms with Crippen LogP contribution in [0.2, 0.25) is 0 Å². The van der Waals surface area contributed by atoms with E-state index in [9.17, 15) is 22.8 Å². The third-order valence-corrected chi connectivity index (χ3v) is 9.26. The van der Waals surface area contributed by atoms with Gasteiger partial charge >= 0.3 is 0 Å². The summed E-state index contributed by atoms with van der Waals surface area (Å²) in [5.74, 6) is -1.54. The van der Waals surface area contributed by atoms with Crippen molar-refractivity contribution in [1.29, 1.82) is 0 Å². The van der Waals surface area contributed by atoms with E-state index in [0.717, 1.165) is 0 Å². The van der Waals surface area contributed by atoms with Crippen molar-refractivity contribution >= 4 is 27.7 Å². The van der Waals surface area contributed by atoms with Crippen LogP contribution in [0.5, 0.6) is 5.75 Å². The molecule has 2 fully saturated rings. The number of halogens is 1. The molecular weight excluding hydrogens is 501 g/mol. The summed E-state index contributed by atoms with van der Waals surface area (Å²) < 4.78 is 47.8. The van der Waals surface area contributed by atoms with Gasteiger partial charge in [0.2, 0.25) is 21.8 Å². The van der Waals surface area contributed by atoms with Crippen LogP contribution < -0.4 is 10.1 Å². The number of rotatable bonds is 6. The highest BCUT2D eigenvalue weighted by Crippen LogP contribution is 2.36. The van der Waals surface area contributed by atoms with Crippen LogP contribution in [0.1, 0.15) is 58.6 Å². The van der Waals surface area contributed by atoms with Gasteiger partial charge in [-0.2, -0.15) is 0 Å². The number of nitrogens with zero attached hydrogens (tertiary/aromatic N) is 2. The van der Waals surface area contributed by atoms with E-state index < -0.39 is 33.7 Å². The Morgan fingerprint density at radius 2 is 1.84 bits per heavy atom. The number of carbonyl (C=O) groups excluding carboxylic acids is 3. The van der Waals surface area contributed by atoms with Crippen LogP contribution in [-0.4, -0.2) is 61.6 Å². The standard InChI is InChI=1S/C26H28FN3O6S/c1-36-19-4-2-3-16(11-19)15-37(34,35)29-9-7-17(8-10-29)20-12-18-14-30(26(33)21(18)13-22(20)27)23-5-6-24(31)28-25(23)32/h2-4,11-13,17,23H,5-10,14-15H2,1H3,(H,28,31,32). The van der Waals surface area contributed by atoms with Gasteiger partial charge in [0.1, 0.15) is 17.6 Å². The first kappa shape index (κ1) is 25.3. The molecular formula is C26H28FN3O6S. The molecule has 1 N–H and O–H groups in total. The fraction of sp³-hybridized carbons (Fsp3) is 0.423. The Balaban J connectivity index is 1.27. The molecule has 3 heterocycles. The fourth-order valence-corrected chi connectivity index (χ4v) is 6.98. The summed E-state index contributed by atoms with van der Waals surface area (Å²) in [7, 11) is -2.03. The number of hydrogen-bond acceptors (Lipinski definition) is 6. The van der Waals surface area contributed by atoms with Crippen molar-refractivity contribution in [2.24, 2.45) is 0 Å². The molecule has 0 aliphatic carbocycles. The first-order valence-corrected chi connectivity index (χ1v) is 13.8. The van der Waals surface area contributed by atoms with E-state index in [1.165, 1.54) is 22.4 Å². The third kappa shape index (κ3) is 4.97. The number of amides is 3. The quantitative estimate of drug-likeness (QED) is 0.575. The molecule has 3 amide bonds. The Bertz CT molecular complexity index is 1370. The number of sulfonamides is 1. The highest BCUT2D eigenvalue weighted by Gasteiger charge is 2.40. The lowest BCUT2D eigenvalue weighted by molar-refractivity contribution is -0.136. The van der Waals surface area contributed by atoms with Gasteiger partial charge in [-0.3, -0.25) is 19.7 Å². The zero-order valence-corrected chi connectivity index (χ0v) is 21.2. The van der Waals surface area contributed by atoms with Gasteiger partial charge in [0.15, 0.2) is 0 Å². The molecule has 0 saturated carbocycles. The van der Waals surface area contributed by atoms with Crippen molar-refractivity contribution in [1.82, 2.24) is 14.5 Å². The van der Waals surface area contributed by atoms with E-state index in [-0.39, 0.29) is 55.6 Å². The maximum Gasteiger partial charge on any atom is 0.255 e. The van der Waals surface area contributed by atoms with E-state index in [1.54, 1.807) is 30.3 Å². The highest BCUT2D eigenvalue weighted by molar-refractivity contribution is 7.88. The molecule has 0 spiro atoms. The summed E-state index contributed by atoms with van der Waals surface area (Å²) in [5.41, 5.74) is 1.96. The number of benzene rings is 2. The van der Waals surface area contributed by atoms with E-state index in [0.29, 0.717) is 35.3 Å². The van der Waals surface area contributed by atoms with Gasteiger partial charge in [0.25, 0.3) is 5.91 Å². The average Bonchev–Trinajstić information content (AvgIpc) is 3.18. The minimum absolute atomic E-state index is 0.139. The summed E-state index contributed by atoms with van der Waals surface area (Å²) in [4.78, 5) is 38.1. The van der Waals surface area contributed by atoms with E-state index in [2.05, 4.69) is 5.32 Å². The van der Waals surface area contributed by atoms with E-state index >= 15 is 4.39 Å². The molecule has 3 aliphatic heterocycles. The van der Waals surface area contributed by atoms with E-state index in [4.69, 9.17) is 4.74 Å². The van der Waals surface area contributed by atoms with E-state index in [1.807, 2.05) is 0 Å². The molecule has 11 heteroatoms. The van der Waals surface area contributed by atoms with Crippen LogP contribution in [0, 0.1) is 5.82 Å². The minimum atomic E-state index is -3.55. The van der Waals surface area contributed by atoms with Gasteiger partial charge in [-0.05, 0) is 60.1 Å². The number of ether oxygens (including phenoxy) is 1. The van der Waals surface area contributed by atoms with Crippen molar-refractivity contribution in [3.8, 4) is 5.75 Å². The SMILES string of the molecule is COc1cccc(CS(=O)(=O)N2CCC(c3cc4c(cc3F)C(=O)N(C3CCC(=O)NC3=O)C4)CC2)c1. The Hall–Kier alpha value is -3.31. The number of methoxy groups -OCH3 is 1. The lowest BCUT2D eigenvalue weighted by atomic mass is 9.88. The first-order valence-electron chi connectivity index (χ1n) is 12.2. The zero-order valence-electron chi connectivity index (χ0n) is 20.4. The third-order valence-electron chi connectivity index (χ3n) is 7.41. The molecule has 37 heavy (non-hydrogen) atoms. The Morgan fingerprint density at radius 1 is 1.08 bits per heavy atom. The van der Waals surface area contributed by atoms with Crippen molar-refractivity contribution in [3.05, 3.63) is 64.5 Å². The second-order valence-corrected chi connectivity index (χ2v) is 11.7. The van der Waals surface area contributed by atoms with Crippen molar-refractivity contribution in [2.45, 2.75) is 49.9 Å². The lowest BCUT2D eigenvalue weighted by Crippen LogP contribution is -2.52. The topological polar surface area (TPSA) is 113 Å². The number of fused-ring (bicyclic) bond motifs is 1. The predicted molar refractivity (Wildman–Crippen MR) is 132 cm³/mol. The molecule has 0 bridgehead atoms. The summed E-state index contributed by atoms with van der Waals surface area (Å²) >= 11 is 0. The molecule has 3 aliphatic rings. The number of nitrogens with one attached hydrogen (secondary N) is 1. The van der Waals surface area contributed by atoms with Crippen molar-refractivity contribution in [2.75, 3.05) is 20.2 Å². The summed E-state index contributed by atoms with van der Waals surface area (Å²) in [5, 5.41) is 2.26. The Morgan fingerprint density at radius 3 is 2.54 bits per heavy atom. The summed E-state index contributed by atoms with van der Waals surface area (Å²) in [6, 6.07) is 9.09. The second kappa shape index (κ2) is 9.86. The van der Waals surface area contributed by atoms with Crippen LogP contribution >= 0.6 is 0 Å². The van der Waals surface area contributed by atoms with Gasteiger partial charge in [0, 0.05) is 31.6 Å². The number of piperidine rings is 2. The van der Waals surface area contributed by atoms with Crippen molar-refractivity contribution < 1.29 is 31.9 Å². The Kier molecular flexibility index (Phi) is 6.76. The summed E-state index contributed by atoms with van der Waals surface area (Å²) in [6.45, 7) is 0.713. The second-order valence-electron chi connectivity index (χ2n) is 9.71. The molecule has 9 nitrogen and oxygen atoms in total. The molecule has 196 valence electrons. The number of imide groups is 1. The lowest BCUT2D eigenvalue weighted by Gasteiger charge is -2.31. The summed E-state index contributed by atoms with van der Waals surface area (Å²) in [6.07, 6.45) is 1.30. The molecule has 0 radical (unpaired) electrons. The van der Waals surface area contributed by atoms with Gasteiger partial charge in [-0.1, -0.05) is 18.2 Å². The van der Waals surface area contributed by atoms with Crippen LogP contribution in [0.4, 0.5) is 4.39 Å². The normalized spacial score (nSPS) is 21.2. The van der Waals surface area contributed by atoms with Gasteiger partial charge in [-0.15, -0.1) is 0 Å². The number of hydrogen-bond donors (Lipinski definition) is 1. The van der Waals surface area contributed by atoms with Gasteiger partial charge < -0.3 is 9.64 Å². The monoisotopic (exact) mass is 529 g/mol. The molecule has 1 unspecified atom stereocenters. The molecule has 0 aromatic heterocycles. The minimum Gasteiger partial charge on any atom is -0.497 e. The highest BCUT2D eigenvalue weighted by atomic mass is 32.2. The molecule has 2 aromatic rings. The molecule has 2 saturated heterocycles. The largest absolute Gasteiger partial charge is 0.497 e. The molecule has 2 aromatic carbocycles. The maximum atomic E-state index is 15.2. The zero-order chi connectivity index (χ0) is 26.3. The average molecular weight is 530 g/mol. The van der Waals surface area contributed by atoms with Crippen LogP contribution in [0.25, 0.3) is 0 Å². The van der Waals surface area contributed by atoms with Crippen molar-refractivity contribution in [3.63, 3.8) is 0 Å². The predicted octanol–water partition coefficient (Wildman–Crippen LogP) is 2.30. The molecule has 1 atom stereocenters. The van der Waals surface area contributed by atoms with Crippen LogP contribution in [-0.2, 0) is 31.9 Å². The van der Waals surface area contributed by atoms with Crippen LogP contribution in [0.3, 0.4) is 0 Å². The molecule has 5 rings (SSSR count). The number of carbonyl (C=O) groups is 3. The maximum absolute atomic E-state index is 15.2. The van der Waals surface area contributed by atoms with Gasteiger partial charge in [-0.25, -0.2) is 17.1 Å². The Labute approximate surface area is 214 Å². The van der Waals surface area contributed by atoms with Gasteiger partial charge in [0.05, 0.1) is 12.9 Å². The van der Waals surface area contributed by atoms with Crippen LogP contribution in [0.15, 0.2) is 36.4 Å². The first-order chi connectivity index (χ1) is 17.7. The smallest absolute Gasteiger partial charge is 0.255 e.